The fourth-order valence-electron chi connectivity index (χ4n) is 2.65. The number of nitrogens with one attached hydrogen (secondary N) is 1. The van der Waals surface area contributed by atoms with E-state index in [9.17, 15) is 9.59 Å². The maximum Gasteiger partial charge on any atom is 0.305 e. The maximum atomic E-state index is 12.3. The Bertz CT molecular complexity index is 461. The van der Waals surface area contributed by atoms with Crippen LogP contribution in [0.25, 0.3) is 0 Å². The molecule has 1 amide bonds. The lowest BCUT2D eigenvalue weighted by atomic mass is 9.84. The normalized spacial score (nSPS) is 24.1. The Hall–Kier alpha value is -1.40. The second-order valence-corrected chi connectivity index (χ2v) is 6.21. The van der Waals surface area contributed by atoms with E-state index in [0.29, 0.717) is 0 Å². The van der Waals surface area contributed by atoms with Crippen molar-refractivity contribution in [2.24, 2.45) is 11.7 Å². The van der Waals surface area contributed by atoms with Gasteiger partial charge in [-0.3, -0.25) is 9.59 Å². The molecule has 2 rings (SSSR count). The van der Waals surface area contributed by atoms with Crippen LogP contribution in [0.3, 0.4) is 0 Å². The molecule has 1 saturated carbocycles. The molecule has 6 heteroatoms. The van der Waals surface area contributed by atoms with Crippen molar-refractivity contribution in [3.63, 3.8) is 0 Å². The second-order valence-electron chi connectivity index (χ2n) is 5.23. The zero-order valence-electron chi connectivity index (χ0n) is 11.2. The summed E-state index contributed by atoms with van der Waals surface area (Å²) in [5, 5.41) is 13.7. The first-order valence-electron chi connectivity index (χ1n) is 6.89. The summed E-state index contributed by atoms with van der Waals surface area (Å²) in [7, 11) is 0. The molecule has 0 aliphatic heterocycles. The number of aliphatic carboxylic acids is 1. The Morgan fingerprint density at radius 2 is 2.20 bits per heavy atom. The van der Waals surface area contributed by atoms with Gasteiger partial charge in [0, 0.05) is 10.9 Å². The van der Waals surface area contributed by atoms with E-state index >= 15 is 0 Å². The average Bonchev–Trinajstić information content (AvgIpc) is 2.91. The molecule has 4 N–H and O–H groups in total. The van der Waals surface area contributed by atoms with Crippen LogP contribution in [0.5, 0.6) is 0 Å². The molecule has 3 atom stereocenters. The van der Waals surface area contributed by atoms with Crippen molar-refractivity contribution in [3.05, 3.63) is 22.4 Å². The van der Waals surface area contributed by atoms with E-state index in [1.807, 2.05) is 17.5 Å². The average molecular weight is 296 g/mol. The highest BCUT2D eigenvalue weighted by Crippen LogP contribution is 2.26. The van der Waals surface area contributed by atoms with Gasteiger partial charge >= 0.3 is 5.97 Å². The van der Waals surface area contributed by atoms with Crippen molar-refractivity contribution in [2.45, 2.75) is 44.2 Å². The topological polar surface area (TPSA) is 92.4 Å². The summed E-state index contributed by atoms with van der Waals surface area (Å²) in [5.74, 6) is -1.23. The van der Waals surface area contributed by atoms with Crippen molar-refractivity contribution in [1.29, 1.82) is 0 Å². The smallest absolute Gasteiger partial charge is 0.305 e. The summed E-state index contributed by atoms with van der Waals surface area (Å²) in [5.41, 5.74) is 6.00. The van der Waals surface area contributed by atoms with Crippen LogP contribution in [0.4, 0.5) is 0 Å². The molecule has 5 nitrogen and oxygen atoms in total. The lowest BCUT2D eigenvalue weighted by Gasteiger charge is -2.29. The number of carbonyl (C=O) groups is 2. The number of hydrogen-bond donors (Lipinski definition) is 3. The molecule has 1 aromatic rings. The zero-order valence-corrected chi connectivity index (χ0v) is 12.1. The first-order chi connectivity index (χ1) is 9.58. The highest BCUT2D eigenvalue weighted by Gasteiger charge is 2.30. The van der Waals surface area contributed by atoms with Crippen molar-refractivity contribution in [2.75, 3.05) is 0 Å². The number of carboxylic acids is 1. The van der Waals surface area contributed by atoms with Crippen LogP contribution in [0, 0.1) is 5.92 Å². The number of nitrogens with two attached hydrogens (primary N) is 1. The van der Waals surface area contributed by atoms with E-state index < -0.39 is 12.0 Å². The van der Waals surface area contributed by atoms with Gasteiger partial charge in [0.2, 0.25) is 5.91 Å². The fraction of sp³-hybridized carbons (Fsp3) is 0.571. The number of amides is 1. The summed E-state index contributed by atoms with van der Waals surface area (Å²) in [6.45, 7) is 0. The van der Waals surface area contributed by atoms with Crippen LogP contribution >= 0.6 is 11.3 Å². The minimum Gasteiger partial charge on any atom is -0.481 e. The fourth-order valence-corrected chi connectivity index (χ4v) is 3.43. The molecule has 3 unspecified atom stereocenters. The Labute approximate surface area is 122 Å². The Balaban J connectivity index is 2.03. The molecule has 1 aliphatic carbocycles. The standard InChI is InChI=1S/C14H20N2O3S/c15-10-5-2-1-4-9(10)14(19)16-11(8-13(17)18)12-6-3-7-20-12/h3,6-7,9-11H,1-2,4-5,8,15H2,(H,16,19)(H,17,18). The lowest BCUT2D eigenvalue weighted by Crippen LogP contribution is -2.44. The van der Waals surface area contributed by atoms with Gasteiger partial charge in [-0.15, -0.1) is 11.3 Å². The second kappa shape index (κ2) is 6.85. The lowest BCUT2D eigenvalue weighted by molar-refractivity contribution is -0.138. The molecule has 20 heavy (non-hydrogen) atoms. The highest BCUT2D eigenvalue weighted by molar-refractivity contribution is 7.10. The molecule has 0 radical (unpaired) electrons. The maximum absolute atomic E-state index is 12.3. The van der Waals surface area contributed by atoms with E-state index in [1.54, 1.807) is 0 Å². The highest BCUT2D eigenvalue weighted by atomic mass is 32.1. The van der Waals surface area contributed by atoms with Gasteiger partial charge in [-0.2, -0.15) is 0 Å². The van der Waals surface area contributed by atoms with Gasteiger partial charge in [0.05, 0.1) is 18.4 Å². The number of rotatable bonds is 5. The summed E-state index contributed by atoms with van der Waals surface area (Å²) in [6.07, 6.45) is 3.62. The van der Waals surface area contributed by atoms with Crippen molar-refractivity contribution in [1.82, 2.24) is 5.32 Å². The van der Waals surface area contributed by atoms with Gasteiger partial charge in [0.25, 0.3) is 0 Å². The molecule has 1 aromatic heterocycles. The van der Waals surface area contributed by atoms with E-state index in [2.05, 4.69) is 5.32 Å². The zero-order chi connectivity index (χ0) is 14.5. The summed E-state index contributed by atoms with van der Waals surface area (Å²) in [4.78, 5) is 24.1. The van der Waals surface area contributed by atoms with Crippen LogP contribution < -0.4 is 11.1 Å². The van der Waals surface area contributed by atoms with Gasteiger partial charge in [-0.1, -0.05) is 18.9 Å². The predicted octanol–water partition coefficient (Wildman–Crippen LogP) is 1.90. The van der Waals surface area contributed by atoms with Crippen molar-refractivity contribution in [3.8, 4) is 0 Å². The Morgan fingerprint density at radius 1 is 1.45 bits per heavy atom. The van der Waals surface area contributed by atoms with Crippen molar-refractivity contribution < 1.29 is 14.7 Å². The molecule has 1 aliphatic rings. The van der Waals surface area contributed by atoms with Crippen LogP contribution in [0.15, 0.2) is 17.5 Å². The first kappa shape index (κ1) is 15.0. The van der Waals surface area contributed by atoms with Crippen LogP contribution in [-0.2, 0) is 9.59 Å². The van der Waals surface area contributed by atoms with E-state index in [4.69, 9.17) is 10.8 Å². The monoisotopic (exact) mass is 296 g/mol. The minimum absolute atomic E-state index is 0.103. The number of hydrogen-bond acceptors (Lipinski definition) is 4. The Kier molecular flexibility index (Phi) is 5.14. The number of thiophene rings is 1. The van der Waals surface area contributed by atoms with Gasteiger partial charge in [-0.25, -0.2) is 0 Å². The molecule has 0 saturated heterocycles. The number of carboxylic acid groups (broad SMARTS) is 1. The molecule has 1 fully saturated rings. The SMILES string of the molecule is NC1CCCCC1C(=O)NC(CC(=O)O)c1cccs1. The van der Waals surface area contributed by atoms with Crippen LogP contribution in [0.1, 0.15) is 43.0 Å². The van der Waals surface area contributed by atoms with Gasteiger partial charge in [0.1, 0.15) is 0 Å². The summed E-state index contributed by atoms with van der Waals surface area (Å²) >= 11 is 1.45. The third kappa shape index (κ3) is 3.80. The number of carbonyl (C=O) groups excluding carboxylic acids is 1. The predicted molar refractivity (Wildman–Crippen MR) is 77.4 cm³/mol. The third-order valence-corrected chi connectivity index (χ3v) is 4.72. The summed E-state index contributed by atoms with van der Waals surface area (Å²) < 4.78 is 0. The third-order valence-electron chi connectivity index (χ3n) is 3.74. The molecule has 1 heterocycles. The molecule has 110 valence electrons. The van der Waals surface area contributed by atoms with Crippen LogP contribution in [0.2, 0.25) is 0 Å². The van der Waals surface area contributed by atoms with E-state index in [1.165, 1.54) is 11.3 Å². The molecular weight excluding hydrogens is 276 g/mol. The molecule has 0 bridgehead atoms. The molecule has 0 spiro atoms. The van der Waals surface area contributed by atoms with Crippen LogP contribution in [-0.4, -0.2) is 23.0 Å². The van der Waals surface area contributed by atoms with Gasteiger partial charge in [0.15, 0.2) is 0 Å². The van der Waals surface area contributed by atoms with Crippen molar-refractivity contribution >= 4 is 23.2 Å². The first-order valence-corrected chi connectivity index (χ1v) is 7.77. The molecular formula is C14H20N2O3S. The van der Waals surface area contributed by atoms with Gasteiger partial charge < -0.3 is 16.2 Å². The Morgan fingerprint density at radius 3 is 2.80 bits per heavy atom. The largest absolute Gasteiger partial charge is 0.481 e. The quantitative estimate of drug-likeness (QED) is 0.773. The van der Waals surface area contributed by atoms with E-state index in [-0.39, 0.29) is 24.3 Å². The minimum atomic E-state index is -0.920. The summed E-state index contributed by atoms with van der Waals surface area (Å²) in [6, 6.07) is 3.12. The van der Waals surface area contributed by atoms with E-state index in [0.717, 1.165) is 30.6 Å². The van der Waals surface area contributed by atoms with Gasteiger partial charge in [-0.05, 0) is 24.3 Å². The molecule has 0 aromatic carbocycles.